The van der Waals surface area contributed by atoms with Crippen molar-refractivity contribution in [1.29, 1.82) is 0 Å². The first-order valence-electron chi connectivity index (χ1n) is 6.39. The monoisotopic (exact) mass is 309 g/mol. The number of hydrogen-bond donors (Lipinski definition) is 2. The smallest absolute Gasteiger partial charge is 0.261 e. The minimum atomic E-state index is -0.0610. The number of pyridine rings is 1. The average molecular weight is 310 g/mol. The van der Waals surface area contributed by atoms with E-state index in [4.69, 9.17) is 11.6 Å². The summed E-state index contributed by atoms with van der Waals surface area (Å²) in [5.74, 6) is -0.0610. The van der Waals surface area contributed by atoms with Crippen LogP contribution in [0.15, 0.2) is 36.7 Å². The number of aromatic nitrogens is 1. The number of nitrogens with one attached hydrogen (secondary N) is 2. The van der Waals surface area contributed by atoms with Crippen LogP contribution < -0.4 is 10.6 Å². The first-order chi connectivity index (χ1) is 9.75. The highest BCUT2D eigenvalue weighted by molar-refractivity contribution is 7.17. The van der Waals surface area contributed by atoms with E-state index >= 15 is 0 Å². The van der Waals surface area contributed by atoms with E-state index in [1.807, 2.05) is 18.3 Å². The van der Waals surface area contributed by atoms with Crippen LogP contribution in [-0.2, 0) is 6.54 Å². The van der Waals surface area contributed by atoms with Gasteiger partial charge in [0.25, 0.3) is 5.91 Å². The van der Waals surface area contributed by atoms with Gasteiger partial charge in [-0.05, 0) is 36.7 Å². The van der Waals surface area contributed by atoms with Gasteiger partial charge in [-0.3, -0.25) is 9.78 Å². The predicted molar refractivity (Wildman–Crippen MR) is 82.2 cm³/mol. The lowest BCUT2D eigenvalue weighted by Crippen LogP contribution is -2.26. The van der Waals surface area contributed by atoms with E-state index in [1.165, 1.54) is 11.3 Å². The van der Waals surface area contributed by atoms with Gasteiger partial charge >= 0.3 is 0 Å². The van der Waals surface area contributed by atoms with Crippen molar-refractivity contribution in [1.82, 2.24) is 15.6 Å². The molecule has 0 fully saturated rings. The SMILES string of the molecule is O=C(NCCCNCc1cccnc1)c1ccc(Cl)s1. The molecule has 0 atom stereocenters. The summed E-state index contributed by atoms with van der Waals surface area (Å²) >= 11 is 7.08. The zero-order chi connectivity index (χ0) is 14.2. The molecule has 20 heavy (non-hydrogen) atoms. The summed E-state index contributed by atoms with van der Waals surface area (Å²) in [6.45, 7) is 2.29. The number of rotatable bonds is 7. The van der Waals surface area contributed by atoms with E-state index in [-0.39, 0.29) is 5.91 Å². The van der Waals surface area contributed by atoms with Gasteiger partial charge in [-0.15, -0.1) is 11.3 Å². The van der Waals surface area contributed by atoms with Crippen molar-refractivity contribution < 1.29 is 4.79 Å². The van der Waals surface area contributed by atoms with Crippen LogP contribution in [-0.4, -0.2) is 24.0 Å². The number of nitrogens with zero attached hydrogens (tertiary/aromatic N) is 1. The number of halogens is 1. The summed E-state index contributed by atoms with van der Waals surface area (Å²) in [4.78, 5) is 16.4. The van der Waals surface area contributed by atoms with Crippen molar-refractivity contribution in [3.8, 4) is 0 Å². The Bertz CT molecular complexity index is 544. The second kappa shape index (κ2) is 7.99. The molecular formula is C14H16ClN3OS. The van der Waals surface area contributed by atoms with Crippen molar-refractivity contribution in [3.63, 3.8) is 0 Å². The van der Waals surface area contributed by atoms with Crippen LogP contribution in [0.3, 0.4) is 0 Å². The van der Waals surface area contributed by atoms with Gasteiger partial charge in [0.1, 0.15) is 0 Å². The molecule has 2 N–H and O–H groups in total. The molecular weight excluding hydrogens is 294 g/mol. The first kappa shape index (κ1) is 15.0. The molecule has 106 valence electrons. The lowest BCUT2D eigenvalue weighted by atomic mass is 10.3. The van der Waals surface area contributed by atoms with Crippen molar-refractivity contribution in [2.24, 2.45) is 0 Å². The Morgan fingerprint density at radius 3 is 2.90 bits per heavy atom. The third-order valence-electron chi connectivity index (χ3n) is 2.66. The zero-order valence-electron chi connectivity index (χ0n) is 10.9. The summed E-state index contributed by atoms with van der Waals surface area (Å²) in [7, 11) is 0. The maximum atomic E-state index is 11.7. The number of thiophene rings is 1. The largest absolute Gasteiger partial charge is 0.351 e. The topological polar surface area (TPSA) is 54.0 Å². The minimum absolute atomic E-state index is 0.0610. The molecule has 0 spiro atoms. The van der Waals surface area contributed by atoms with Crippen LogP contribution in [0.2, 0.25) is 4.34 Å². The Kier molecular flexibility index (Phi) is 5.98. The highest BCUT2D eigenvalue weighted by Gasteiger charge is 2.07. The normalized spacial score (nSPS) is 10.4. The Morgan fingerprint density at radius 1 is 1.30 bits per heavy atom. The van der Waals surface area contributed by atoms with Gasteiger partial charge < -0.3 is 10.6 Å². The van der Waals surface area contributed by atoms with Crippen LogP contribution >= 0.6 is 22.9 Å². The average Bonchev–Trinajstić information content (AvgIpc) is 2.90. The van der Waals surface area contributed by atoms with Gasteiger partial charge in [0.2, 0.25) is 0 Å². The van der Waals surface area contributed by atoms with E-state index in [0.717, 1.165) is 25.1 Å². The molecule has 0 bridgehead atoms. The lowest BCUT2D eigenvalue weighted by Gasteiger charge is -2.05. The minimum Gasteiger partial charge on any atom is -0.351 e. The molecule has 1 amide bonds. The number of hydrogen-bond acceptors (Lipinski definition) is 4. The summed E-state index contributed by atoms with van der Waals surface area (Å²) in [5, 5.41) is 6.18. The van der Waals surface area contributed by atoms with E-state index in [1.54, 1.807) is 18.3 Å². The van der Waals surface area contributed by atoms with Crippen molar-refractivity contribution in [2.45, 2.75) is 13.0 Å². The van der Waals surface area contributed by atoms with Crippen LogP contribution in [0, 0.1) is 0 Å². The molecule has 6 heteroatoms. The Hall–Kier alpha value is -1.43. The second-order valence-corrected chi connectivity index (χ2v) is 5.97. The van der Waals surface area contributed by atoms with Gasteiger partial charge in [0.05, 0.1) is 9.21 Å². The van der Waals surface area contributed by atoms with Gasteiger partial charge in [0, 0.05) is 25.5 Å². The van der Waals surface area contributed by atoms with Crippen molar-refractivity contribution in [2.75, 3.05) is 13.1 Å². The van der Waals surface area contributed by atoms with Gasteiger partial charge in [-0.25, -0.2) is 0 Å². The molecule has 0 saturated carbocycles. The standard InChI is InChI=1S/C14H16ClN3OS/c15-13-5-4-12(20-13)14(19)18-8-2-7-17-10-11-3-1-6-16-9-11/h1,3-6,9,17H,2,7-8,10H2,(H,18,19). The Labute approximate surface area is 127 Å². The van der Waals surface area contributed by atoms with Gasteiger partial charge in [-0.1, -0.05) is 17.7 Å². The fraction of sp³-hybridized carbons (Fsp3) is 0.286. The van der Waals surface area contributed by atoms with Crippen molar-refractivity contribution >= 4 is 28.8 Å². The van der Waals surface area contributed by atoms with Crippen LogP contribution in [0.4, 0.5) is 0 Å². The predicted octanol–water partition coefficient (Wildman–Crippen LogP) is 2.71. The van der Waals surface area contributed by atoms with E-state index in [2.05, 4.69) is 15.6 Å². The highest BCUT2D eigenvalue weighted by atomic mass is 35.5. The molecule has 0 unspecified atom stereocenters. The molecule has 0 saturated heterocycles. The van der Waals surface area contributed by atoms with Gasteiger partial charge in [0.15, 0.2) is 0 Å². The molecule has 4 nitrogen and oxygen atoms in total. The zero-order valence-corrected chi connectivity index (χ0v) is 12.5. The molecule has 0 aliphatic heterocycles. The van der Waals surface area contributed by atoms with E-state index in [0.29, 0.717) is 15.8 Å². The fourth-order valence-corrected chi connectivity index (χ4v) is 2.63. The lowest BCUT2D eigenvalue weighted by molar-refractivity contribution is 0.0957. The number of carbonyl (C=O) groups is 1. The molecule has 0 aliphatic rings. The third kappa shape index (κ3) is 4.92. The van der Waals surface area contributed by atoms with Crippen molar-refractivity contribution in [3.05, 3.63) is 51.4 Å². The maximum absolute atomic E-state index is 11.7. The summed E-state index contributed by atoms with van der Waals surface area (Å²) in [6, 6.07) is 7.42. The Balaban J connectivity index is 1.57. The summed E-state index contributed by atoms with van der Waals surface area (Å²) in [5.41, 5.74) is 1.16. The molecule has 0 aromatic carbocycles. The quantitative estimate of drug-likeness (QED) is 0.773. The van der Waals surface area contributed by atoms with Crippen LogP contribution in [0.25, 0.3) is 0 Å². The molecule has 0 aliphatic carbocycles. The maximum Gasteiger partial charge on any atom is 0.261 e. The van der Waals surface area contributed by atoms with E-state index in [9.17, 15) is 4.79 Å². The van der Waals surface area contributed by atoms with Crippen LogP contribution in [0.5, 0.6) is 0 Å². The van der Waals surface area contributed by atoms with E-state index < -0.39 is 0 Å². The summed E-state index contributed by atoms with van der Waals surface area (Å²) in [6.07, 6.45) is 4.48. The molecule has 2 heterocycles. The second-order valence-electron chi connectivity index (χ2n) is 4.25. The Morgan fingerprint density at radius 2 is 2.20 bits per heavy atom. The van der Waals surface area contributed by atoms with Crippen LogP contribution in [0.1, 0.15) is 21.7 Å². The first-order valence-corrected chi connectivity index (χ1v) is 7.58. The molecule has 2 aromatic heterocycles. The van der Waals surface area contributed by atoms with Gasteiger partial charge in [-0.2, -0.15) is 0 Å². The number of carbonyl (C=O) groups excluding carboxylic acids is 1. The molecule has 0 radical (unpaired) electrons. The third-order valence-corrected chi connectivity index (χ3v) is 3.89. The highest BCUT2D eigenvalue weighted by Crippen LogP contribution is 2.20. The molecule has 2 aromatic rings. The summed E-state index contributed by atoms with van der Waals surface area (Å²) < 4.78 is 0.633. The molecule has 2 rings (SSSR count). The number of amides is 1. The fourth-order valence-electron chi connectivity index (χ4n) is 1.67.